The number of benzene rings is 1. The van der Waals surface area contributed by atoms with Crippen LogP contribution < -0.4 is 0 Å². The Balaban J connectivity index is 2.65. The normalized spacial score (nSPS) is 11.7. The van der Waals surface area contributed by atoms with Gasteiger partial charge in [-0.15, -0.1) is 0 Å². The SMILES string of the molecule is CCOCc1c(S(C)(=O)=O)ccc(C(=O)c2c(C)nn(C)c2O)c1C. The molecular weight excluding hydrogens is 344 g/mol. The molecule has 0 saturated heterocycles. The number of hydrogen-bond acceptors (Lipinski definition) is 6. The van der Waals surface area contributed by atoms with Crippen molar-refractivity contribution in [3.63, 3.8) is 0 Å². The molecule has 0 saturated carbocycles. The average molecular weight is 366 g/mol. The van der Waals surface area contributed by atoms with Crippen molar-refractivity contribution in [2.24, 2.45) is 7.05 Å². The molecule has 1 N–H and O–H groups in total. The van der Waals surface area contributed by atoms with Crippen LogP contribution in [-0.2, 0) is 28.2 Å². The van der Waals surface area contributed by atoms with Gasteiger partial charge in [-0.05, 0) is 44.0 Å². The van der Waals surface area contributed by atoms with E-state index in [1.54, 1.807) is 20.9 Å². The van der Waals surface area contributed by atoms with Gasteiger partial charge in [0.05, 0.1) is 17.2 Å². The van der Waals surface area contributed by atoms with Gasteiger partial charge in [0.2, 0.25) is 11.7 Å². The molecule has 0 aliphatic heterocycles. The van der Waals surface area contributed by atoms with Crippen LogP contribution in [0.2, 0.25) is 0 Å². The number of hydrogen-bond donors (Lipinski definition) is 1. The standard InChI is InChI=1S/C17H22N2O5S/c1-6-24-9-13-10(2)12(7-8-14(13)25(5,22)23)16(20)15-11(3)18-19(4)17(15)21/h7-8,21H,6,9H2,1-5H3. The quantitative estimate of drug-likeness (QED) is 0.784. The molecule has 1 aromatic carbocycles. The first kappa shape index (κ1) is 19.1. The van der Waals surface area contributed by atoms with E-state index < -0.39 is 15.6 Å². The fraction of sp³-hybridized carbons (Fsp3) is 0.412. The molecule has 0 radical (unpaired) electrons. The third kappa shape index (κ3) is 3.59. The Bertz CT molecular complexity index is 929. The lowest BCUT2D eigenvalue weighted by atomic mass is 9.95. The molecule has 7 nitrogen and oxygen atoms in total. The first-order valence-corrected chi connectivity index (χ1v) is 9.66. The Morgan fingerprint density at radius 1 is 1.32 bits per heavy atom. The van der Waals surface area contributed by atoms with E-state index in [1.807, 2.05) is 6.92 Å². The fourth-order valence-electron chi connectivity index (χ4n) is 2.76. The Labute approximate surface area is 147 Å². The Kier molecular flexibility index (Phi) is 5.34. The highest BCUT2D eigenvalue weighted by atomic mass is 32.2. The molecule has 0 amide bonds. The first-order chi connectivity index (χ1) is 11.6. The van der Waals surface area contributed by atoms with Crippen molar-refractivity contribution in [1.82, 2.24) is 9.78 Å². The molecule has 2 aromatic rings. The Hall–Kier alpha value is -2.19. The van der Waals surface area contributed by atoms with Crippen LogP contribution in [0, 0.1) is 13.8 Å². The second-order valence-corrected chi connectivity index (χ2v) is 7.85. The monoisotopic (exact) mass is 366 g/mol. The van der Waals surface area contributed by atoms with E-state index in [9.17, 15) is 18.3 Å². The van der Waals surface area contributed by atoms with Crippen LogP contribution in [0.3, 0.4) is 0 Å². The van der Waals surface area contributed by atoms with Crippen molar-refractivity contribution >= 4 is 15.6 Å². The highest BCUT2D eigenvalue weighted by Crippen LogP contribution is 2.29. The van der Waals surface area contributed by atoms with E-state index >= 15 is 0 Å². The van der Waals surface area contributed by atoms with Crippen molar-refractivity contribution in [3.8, 4) is 5.88 Å². The number of aryl methyl sites for hydroxylation is 2. The van der Waals surface area contributed by atoms with Gasteiger partial charge < -0.3 is 9.84 Å². The van der Waals surface area contributed by atoms with Crippen LogP contribution in [0.4, 0.5) is 0 Å². The average Bonchev–Trinajstić information content (AvgIpc) is 2.77. The van der Waals surface area contributed by atoms with E-state index in [4.69, 9.17) is 4.74 Å². The molecule has 0 unspecified atom stereocenters. The number of carbonyl (C=O) groups is 1. The van der Waals surface area contributed by atoms with Crippen molar-refractivity contribution < 1.29 is 23.1 Å². The molecule has 0 atom stereocenters. The van der Waals surface area contributed by atoms with E-state index in [0.29, 0.717) is 29.0 Å². The van der Waals surface area contributed by atoms with E-state index in [1.165, 1.54) is 16.8 Å². The first-order valence-electron chi connectivity index (χ1n) is 7.77. The zero-order valence-electron chi connectivity index (χ0n) is 15.0. The Morgan fingerprint density at radius 2 is 1.96 bits per heavy atom. The maximum atomic E-state index is 12.9. The van der Waals surface area contributed by atoms with Crippen LogP contribution in [0.5, 0.6) is 5.88 Å². The zero-order chi connectivity index (χ0) is 18.9. The molecule has 0 aliphatic carbocycles. The minimum atomic E-state index is -3.46. The van der Waals surface area contributed by atoms with Gasteiger partial charge in [-0.25, -0.2) is 13.1 Å². The van der Waals surface area contributed by atoms with Gasteiger partial charge in [0.1, 0.15) is 5.56 Å². The summed E-state index contributed by atoms with van der Waals surface area (Å²) in [6, 6.07) is 2.88. The maximum Gasteiger partial charge on any atom is 0.220 e. The summed E-state index contributed by atoms with van der Waals surface area (Å²) in [5.41, 5.74) is 1.80. The van der Waals surface area contributed by atoms with Crippen LogP contribution in [0.15, 0.2) is 17.0 Å². The molecule has 2 rings (SSSR count). The summed E-state index contributed by atoms with van der Waals surface area (Å²) >= 11 is 0. The van der Waals surface area contributed by atoms with Crippen LogP contribution in [0.25, 0.3) is 0 Å². The van der Waals surface area contributed by atoms with Crippen molar-refractivity contribution in [2.75, 3.05) is 12.9 Å². The summed E-state index contributed by atoms with van der Waals surface area (Å²) < 4.78 is 30.7. The minimum absolute atomic E-state index is 0.0872. The van der Waals surface area contributed by atoms with Crippen molar-refractivity contribution in [3.05, 3.63) is 40.1 Å². The highest BCUT2D eigenvalue weighted by Gasteiger charge is 2.25. The second-order valence-electron chi connectivity index (χ2n) is 5.86. The number of nitrogens with zero attached hydrogens (tertiary/aromatic N) is 2. The molecule has 8 heteroatoms. The number of ether oxygens (including phenoxy) is 1. The molecule has 0 spiro atoms. The summed E-state index contributed by atoms with van der Waals surface area (Å²) in [6.45, 7) is 5.63. The number of aromatic hydroxyl groups is 1. The predicted molar refractivity (Wildman–Crippen MR) is 92.7 cm³/mol. The molecule has 0 aliphatic rings. The van der Waals surface area contributed by atoms with Crippen LogP contribution in [-0.4, -0.2) is 42.0 Å². The largest absolute Gasteiger partial charge is 0.493 e. The van der Waals surface area contributed by atoms with Gasteiger partial charge in [-0.2, -0.15) is 5.10 Å². The predicted octanol–water partition coefficient (Wildman–Crippen LogP) is 1.91. The molecule has 0 bridgehead atoms. The second kappa shape index (κ2) is 6.97. The van der Waals surface area contributed by atoms with E-state index in [0.717, 1.165) is 6.26 Å². The lowest BCUT2D eigenvalue weighted by Gasteiger charge is -2.15. The molecule has 1 aromatic heterocycles. The smallest absolute Gasteiger partial charge is 0.220 e. The zero-order valence-corrected chi connectivity index (χ0v) is 15.8. The fourth-order valence-corrected chi connectivity index (χ4v) is 3.73. The lowest BCUT2D eigenvalue weighted by Crippen LogP contribution is -2.12. The lowest BCUT2D eigenvalue weighted by molar-refractivity contribution is 0.103. The number of rotatable bonds is 6. The number of ketones is 1. The topological polar surface area (TPSA) is 98.5 Å². The number of aromatic nitrogens is 2. The van der Waals surface area contributed by atoms with Crippen LogP contribution in [0.1, 0.15) is 39.7 Å². The third-order valence-corrected chi connectivity index (χ3v) is 5.25. The molecule has 0 fully saturated rings. The molecule has 25 heavy (non-hydrogen) atoms. The van der Waals surface area contributed by atoms with Gasteiger partial charge in [-0.3, -0.25) is 4.79 Å². The summed E-state index contributed by atoms with van der Waals surface area (Å²) in [6.07, 6.45) is 1.12. The molecular formula is C17H22N2O5S. The van der Waals surface area contributed by atoms with E-state index in [2.05, 4.69) is 5.10 Å². The number of carbonyl (C=O) groups excluding carboxylic acids is 1. The molecule has 136 valence electrons. The Morgan fingerprint density at radius 3 is 2.44 bits per heavy atom. The third-order valence-electron chi connectivity index (χ3n) is 4.07. The summed E-state index contributed by atoms with van der Waals surface area (Å²) in [5.74, 6) is -0.626. The number of sulfone groups is 1. The van der Waals surface area contributed by atoms with Gasteiger partial charge in [-0.1, -0.05) is 0 Å². The minimum Gasteiger partial charge on any atom is -0.493 e. The van der Waals surface area contributed by atoms with Gasteiger partial charge in [0.25, 0.3) is 0 Å². The summed E-state index contributed by atoms with van der Waals surface area (Å²) in [7, 11) is -1.92. The van der Waals surface area contributed by atoms with Gasteiger partial charge in [0.15, 0.2) is 9.84 Å². The van der Waals surface area contributed by atoms with Crippen molar-refractivity contribution in [2.45, 2.75) is 32.3 Å². The summed E-state index contributed by atoms with van der Waals surface area (Å²) in [5, 5.41) is 14.1. The maximum absolute atomic E-state index is 12.9. The molecule has 1 heterocycles. The van der Waals surface area contributed by atoms with Gasteiger partial charge >= 0.3 is 0 Å². The van der Waals surface area contributed by atoms with Gasteiger partial charge in [0, 0.05) is 25.5 Å². The highest BCUT2D eigenvalue weighted by molar-refractivity contribution is 7.90. The summed E-state index contributed by atoms with van der Waals surface area (Å²) in [4.78, 5) is 13.0. The van der Waals surface area contributed by atoms with E-state index in [-0.39, 0.29) is 22.9 Å². The van der Waals surface area contributed by atoms with Crippen molar-refractivity contribution in [1.29, 1.82) is 0 Å². The van der Waals surface area contributed by atoms with Crippen LogP contribution >= 0.6 is 0 Å².